The van der Waals surface area contributed by atoms with Crippen molar-refractivity contribution in [1.82, 2.24) is 9.78 Å². The van der Waals surface area contributed by atoms with Crippen LogP contribution in [0.5, 0.6) is 5.75 Å². The van der Waals surface area contributed by atoms with Gasteiger partial charge in [0.15, 0.2) is 5.96 Å². The highest BCUT2D eigenvalue weighted by Gasteiger charge is 2.30. The fourth-order valence-electron chi connectivity index (χ4n) is 1.91. The van der Waals surface area contributed by atoms with E-state index in [1.807, 2.05) is 13.0 Å². The number of benzene rings is 1. The van der Waals surface area contributed by atoms with Gasteiger partial charge in [0.05, 0.1) is 17.9 Å². The quantitative estimate of drug-likeness (QED) is 0.422. The number of guanidine groups is 1. The first-order valence-electron chi connectivity index (χ1n) is 6.65. The first-order chi connectivity index (χ1) is 10.7. The molecule has 132 valence electrons. The van der Waals surface area contributed by atoms with E-state index in [4.69, 9.17) is 5.73 Å². The maximum absolute atomic E-state index is 12.1. The van der Waals surface area contributed by atoms with Crippen molar-refractivity contribution in [3.63, 3.8) is 0 Å². The molecule has 24 heavy (non-hydrogen) atoms. The van der Waals surface area contributed by atoms with Crippen molar-refractivity contribution in [1.29, 1.82) is 0 Å². The van der Waals surface area contributed by atoms with Crippen molar-refractivity contribution < 1.29 is 17.9 Å². The van der Waals surface area contributed by atoms with Gasteiger partial charge >= 0.3 is 6.36 Å². The highest BCUT2D eigenvalue weighted by molar-refractivity contribution is 14.0. The Kier molecular flexibility index (Phi) is 6.87. The summed E-state index contributed by atoms with van der Waals surface area (Å²) in [5, 5.41) is 6.98. The molecule has 10 heteroatoms. The lowest BCUT2D eigenvalue weighted by molar-refractivity contribution is -0.274. The van der Waals surface area contributed by atoms with Crippen LogP contribution in [-0.2, 0) is 13.6 Å². The van der Waals surface area contributed by atoms with E-state index >= 15 is 0 Å². The van der Waals surface area contributed by atoms with Crippen molar-refractivity contribution in [2.75, 3.05) is 5.32 Å². The van der Waals surface area contributed by atoms with Crippen LogP contribution in [0.1, 0.15) is 11.4 Å². The molecule has 3 N–H and O–H groups in total. The number of hydrogen-bond acceptors (Lipinski definition) is 3. The Balaban J connectivity index is 0.00000288. The smallest absolute Gasteiger partial charge is 0.406 e. The van der Waals surface area contributed by atoms with Gasteiger partial charge in [-0.1, -0.05) is 0 Å². The molecule has 0 bridgehead atoms. The van der Waals surface area contributed by atoms with Crippen LogP contribution in [0.4, 0.5) is 18.9 Å². The van der Waals surface area contributed by atoms with Crippen molar-refractivity contribution in [3.8, 4) is 5.75 Å². The zero-order valence-corrected chi connectivity index (χ0v) is 15.3. The van der Waals surface area contributed by atoms with E-state index in [0.29, 0.717) is 12.2 Å². The molecular weight excluding hydrogens is 438 g/mol. The average Bonchev–Trinajstić information content (AvgIpc) is 2.75. The van der Waals surface area contributed by atoms with E-state index in [1.54, 1.807) is 11.7 Å². The first-order valence-corrected chi connectivity index (χ1v) is 6.65. The molecule has 0 saturated heterocycles. The summed E-state index contributed by atoms with van der Waals surface area (Å²) in [7, 11) is 1.81. The number of anilines is 1. The van der Waals surface area contributed by atoms with Gasteiger partial charge in [0, 0.05) is 12.7 Å². The maximum atomic E-state index is 12.1. The number of aromatic nitrogens is 2. The molecule has 1 aromatic heterocycles. The highest BCUT2D eigenvalue weighted by Crippen LogP contribution is 2.23. The number of nitrogens with two attached hydrogens (primary N) is 1. The Hall–Kier alpha value is -1.98. The molecule has 0 fully saturated rings. The molecule has 0 aliphatic rings. The van der Waals surface area contributed by atoms with E-state index in [0.717, 1.165) is 11.4 Å². The third-order valence-electron chi connectivity index (χ3n) is 2.87. The fraction of sp³-hybridized carbons (Fsp3) is 0.286. The van der Waals surface area contributed by atoms with Crippen LogP contribution in [0, 0.1) is 6.92 Å². The van der Waals surface area contributed by atoms with Gasteiger partial charge < -0.3 is 15.8 Å². The second kappa shape index (κ2) is 8.22. The number of ether oxygens (including phenoxy) is 1. The van der Waals surface area contributed by atoms with Crippen LogP contribution in [0.25, 0.3) is 0 Å². The lowest BCUT2D eigenvalue weighted by atomic mass is 10.3. The van der Waals surface area contributed by atoms with Gasteiger partial charge in [0.1, 0.15) is 5.75 Å². The van der Waals surface area contributed by atoms with Gasteiger partial charge in [0.2, 0.25) is 0 Å². The van der Waals surface area contributed by atoms with Gasteiger partial charge in [-0.3, -0.25) is 4.68 Å². The van der Waals surface area contributed by atoms with Crippen LogP contribution >= 0.6 is 24.0 Å². The molecule has 0 aliphatic heterocycles. The largest absolute Gasteiger partial charge is 0.573 e. The summed E-state index contributed by atoms with van der Waals surface area (Å²) in [6, 6.07) is 7.09. The van der Waals surface area contributed by atoms with Crippen LogP contribution in [0.15, 0.2) is 35.3 Å². The zero-order valence-electron chi connectivity index (χ0n) is 13.0. The molecule has 0 aliphatic carbocycles. The standard InChI is InChI=1S/C14H16F3N5O.HI/c1-9-7-11(22(2)21-9)8-19-13(18)20-10-3-5-12(6-4-10)23-14(15,16)17;/h3-7H,8H2,1-2H3,(H3,18,19,20);1H. The maximum Gasteiger partial charge on any atom is 0.573 e. The molecule has 0 saturated carbocycles. The number of hydrogen-bond donors (Lipinski definition) is 2. The average molecular weight is 455 g/mol. The second-order valence-electron chi connectivity index (χ2n) is 4.80. The highest BCUT2D eigenvalue weighted by atomic mass is 127. The predicted octanol–water partition coefficient (Wildman–Crippen LogP) is 3.17. The molecular formula is C14H17F3IN5O. The van der Waals surface area contributed by atoms with Gasteiger partial charge in [-0.15, -0.1) is 37.1 Å². The number of aliphatic imine (C=N–C) groups is 1. The molecule has 0 spiro atoms. The Morgan fingerprint density at radius 2 is 1.96 bits per heavy atom. The van der Waals surface area contributed by atoms with Crippen molar-refractivity contribution in [3.05, 3.63) is 41.7 Å². The van der Waals surface area contributed by atoms with Crippen molar-refractivity contribution in [2.45, 2.75) is 19.8 Å². The summed E-state index contributed by atoms with van der Waals surface area (Å²) in [5.74, 6) is -0.155. The third-order valence-corrected chi connectivity index (χ3v) is 2.87. The van der Waals surface area contributed by atoms with Crippen LogP contribution in [0.3, 0.4) is 0 Å². The number of aryl methyl sites for hydroxylation is 2. The zero-order chi connectivity index (χ0) is 17.0. The second-order valence-corrected chi connectivity index (χ2v) is 4.80. The number of alkyl halides is 3. The third kappa shape index (κ3) is 6.26. The van der Waals surface area contributed by atoms with E-state index in [2.05, 4.69) is 20.1 Å². The Bertz CT molecular complexity index is 697. The molecule has 0 radical (unpaired) electrons. The van der Waals surface area contributed by atoms with Crippen molar-refractivity contribution in [2.24, 2.45) is 17.8 Å². The van der Waals surface area contributed by atoms with Crippen molar-refractivity contribution >= 4 is 35.6 Å². The SMILES string of the molecule is Cc1cc(CN=C(N)Nc2ccc(OC(F)(F)F)cc2)n(C)n1.I. The first kappa shape index (κ1) is 20.1. The Labute approximate surface area is 153 Å². The summed E-state index contributed by atoms with van der Waals surface area (Å²) < 4.78 is 41.7. The number of nitrogens with zero attached hydrogens (tertiary/aromatic N) is 3. The number of rotatable bonds is 4. The minimum absolute atomic E-state index is 0. The van der Waals surface area contributed by atoms with E-state index in [1.165, 1.54) is 24.3 Å². The Morgan fingerprint density at radius 3 is 2.46 bits per heavy atom. The molecule has 0 amide bonds. The molecule has 2 rings (SSSR count). The van der Waals surface area contributed by atoms with E-state index in [-0.39, 0.29) is 35.7 Å². The molecule has 0 unspecified atom stereocenters. The summed E-state index contributed by atoms with van der Waals surface area (Å²) in [4.78, 5) is 4.16. The van der Waals surface area contributed by atoms with Crippen LogP contribution < -0.4 is 15.8 Å². The van der Waals surface area contributed by atoms with Gasteiger partial charge in [-0.25, -0.2) is 4.99 Å². The number of halogens is 4. The monoisotopic (exact) mass is 455 g/mol. The lowest BCUT2D eigenvalue weighted by Gasteiger charge is -2.10. The minimum atomic E-state index is -4.71. The van der Waals surface area contributed by atoms with Gasteiger partial charge in [-0.05, 0) is 37.3 Å². The van der Waals surface area contributed by atoms with Gasteiger partial charge in [0.25, 0.3) is 0 Å². The fourth-order valence-corrected chi connectivity index (χ4v) is 1.91. The topological polar surface area (TPSA) is 77.5 Å². The van der Waals surface area contributed by atoms with Crippen LogP contribution in [-0.4, -0.2) is 22.1 Å². The number of nitrogens with one attached hydrogen (secondary N) is 1. The normalized spacial score (nSPS) is 11.8. The molecule has 2 aromatic rings. The van der Waals surface area contributed by atoms with E-state index < -0.39 is 6.36 Å². The summed E-state index contributed by atoms with van der Waals surface area (Å²) in [5.41, 5.74) is 8.02. The Morgan fingerprint density at radius 1 is 1.33 bits per heavy atom. The predicted molar refractivity (Wildman–Crippen MR) is 95.4 cm³/mol. The summed E-state index contributed by atoms with van der Waals surface area (Å²) in [6.07, 6.45) is -4.71. The summed E-state index contributed by atoms with van der Waals surface area (Å²) in [6.45, 7) is 2.21. The summed E-state index contributed by atoms with van der Waals surface area (Å²) >= 11 is 0. The molecule has 6 nitrogen and oxygen atoms in total. The minimum Gasteiger partial charge on any atom is -0.406 e. The molecule has 0 atom stereocenters. The van der Waals surface area contributed by atoms with Gasteiger partial charge in [-0.2, -0.15) is 5.10 Å². The molecule has 1 heterocycles. The lowest BCUT2D eigenvalue weighted by Crippen LogP contribution is -2.22. The van der Waals surface area contributed by atoms with E-state index in [9.17, 15) is 13.2 Å². The van der Waals surface area contributed by atoms with Crippen LogP contribution in [0.2, 0.25) is 0 Å². The molecule has 1 aromatic carbocycles.